The van der Waals surface area contributed by atoms with E-state index in [0.717, 1.165) is 25.9 Å². The molecule has 3 rings (SSSR count). The Kier molecular flexibility index (Phi) is 3.32. The van der Waals surface area contributed by atoms with Gasteiger partial charge in [-0.1, -0.05) is 12.2 Å². The molecule has 20 heavy (non-hydrogen) atoms. The number of hydrogen-bond acceptors (Lipinski definition) is 3. The van der Waals surface area contributed by atoms with E-state index in [1.54, 1.807) is 0 Å². The lowest BCUT2D eigenvalue weighted by molar-refractivity contribution is -0.148. The van der Waals surface area contributed by atoms with Gasteiger partial charge in [0, 0.05) is 6.61 Å². The average Bonchev–Trinajstić information content (AvgIpc) is 2.98. The lowest BCUT2D eigenvalue weighted by Gasteiger charge is -2.36. The maximum Gasteiger partial charge on any atom is 0.307 e. The summed E-state index contributed by atoms with van der Waals surface area (Å²) in [6.07, 6.45) is 6.57. The van der Waals surface area contributed by atoms with E-state index in [9.17, 15) is 14.7 Å². The fourth-order valence-corrected chi connectivity index (χ4v) is 3.93. The first-order valence-corrected chi connectivity index (χ1v) is 7.31. The summed E-state index contributed by atoms with van der Waals surface area (Å²) in [6.45, 7) is 3.22. The Morgan fingerprint density at radius 1 is 1.30 bits per heavy atom. The Labute approximate surface area is 118 Å². The van der Waals surface area contributed by atoms with Crippen molar-refractivity contribution < 1.29 is 19.4 Å². The van der Waals surface area contributed by atoms with Gasteiger partial charge in [-0.15, -0.1) is 0 Å². The molecule has 2 aliphatic carbocycles. The predicted octanol–water partition coefficient (Wildman–Crippen LogP) is 1.19. The summed E-state index contributed by atoms with van der Waals surface area (Å²) >= 11 is 0. The SMILES string of the molecule is CC1(NC(=O)[C@H]2C3C=CC(C3)[C@H]2C(=O)O)CCCOC1. The van der Waals surface area contributed by atoms with Crippen LogP contribution < -0.4 is 5.32 Å². The van der Waals surface area contributed by atoms with Crippen LogP contribution in [0.15, 0.2) is 12.2 Å². The number of carbonyl (C=O) groups is 2. The molecular formula is C15H21NO4. The second-order valence-electron chi connectivity index (χ2n) is 6.54. The van der Waals surface area contributed by atoms with E-state index in [4.69, 9.17) is 4.74 Å². The van der Waals surface area contributed by atoms with Crippen LogP contribution in [0.1, 0.15) is 26.2 Å². The topological polar surface area (TPSA) is 75.6 Å². The van der Waals surface area contributed by atoms with Crippen molar-refractivity contribution in [2.45, 2.75) is 31.7 Å². The molecular weight excluding hydrogens is 258 g/mol. The number of rotatable bonds is 3. The van der Waals surface area contributed by atoms with Gasteiger partial charge in [0.2, 0.25) is 5.91 Å². The molecule has 0 aromatic rings. The number of aliphatic carboxylic acids is 1. The van der Waals surface area contributed by atoms with E-state index >= 15 is 0 Å². The van der Waals surface area contributed by atoms with Crippen molar-refractivity contribution >= 4 is 11.9 Å². The molecule has 3 unspecified atom stereocenters. The van der Waals surface area contributed by atoms with Crippen LogP contribution in [0.5, 0.6) is 0 Å². The second kappa shape index (κ2) is 4.88. The van der Waals surface area contributed by atoms with E-state index in [1.165, 1.54) is 0 Å². The fourth-order valence-electron chi connectivity index (χ4n) is 3.93. The van der Waals surface area contributed by atoms with Crippen LogP contribution in [-0.4, -0.2) is 35.7 Å². The quantitative estimate of drug-likeness (QED) is 0.761. The molecule has 2 fully saturated rings. The highest BCUT2D eigenvalue weighted by atomic mass is 16.5. The lowest BCUT2D eigenvalue weighted by Crippen LogP contribution is -2.54. The highest BCUT2D eigenvalue weighted by Gasteiger charge is 2.52. The Hall–Kier alpha value is -1.36. The number of amides is 1. The molecule has 5 nitrogen and oxygen atoms in total. The maximum absolute atomic E-state index is 12.6. The summed E-state index contributed by atoms with van der Waals surface area (Å²) in [6, 6.07) is 0. The van der Waals surface area contributed by atoms with Crippen LogP contribution in [0.3, 0.4) is 0 Å². The zero-order valence-corrected chi connectivity index (χ0v) is 11.7. The van der Waals surface area contributed by atoms with Crippen molar-refractivity contribution in [1.82, 2.24) is 5.32 Å². The number of hydrogen-bond donors (Lipinski definition) is 2. The summed E-state index contributed by atoms with van der Waals surface area (Å²) < 4.78 is 5.44. The van der Waals surface area contributed by atoms with Crippen molar-refractivity contribution in [3.05, 3.63) is 12.2 Å². The van der Waals surface area contributed by atoms with Gasteiger partial charge in [-0.25, -0.2) is 0 Å². The van der Waals surface area contributed by atoms with Crippen LogP contribution in [0.25, 0.3) is 0 Å². The summed E-state index contributed by atoms with van der Waals surface area (Å²) in [5.74, 6) is -1.88. The van der Waals surface area contributed by atoms with Crippen molar-refractivity contribution in [3.63, 3.8) is 0 Å². The minimum Gasteiger partial charge on any atom is -0.481 e. The lowest BCUT2D eigenvalue weighted by atomic mass is 9.81. The molecule has 110 valence electrons. The second-order valence-corrected chi connectivity index (χ2v) is 6.54. The van der Waals surface area contributed by atoms with Crippen LogP contribution in [0.4, 0.5) is 0 Å². The molecule has 1 heterocycles. The number of carbonyl (C=O) groups excluding carboxylic acids is 1. The molecule has 1 saturated heterocycles. The Bertz CT molecular complexity index is 453. The van der Waals surface area contributed by atoms with Gasteiger partial charge < -0.3 is 15.2 Å². The zero-order chi connectivity index (χ0) is 14.3. The third-order valence-corrected chi connectivity index (χ3v) is 4.91. The summed E-state index contributed by atoms with van der Waals surface area (Å²) in [7, 11) is 0. The van der Waals surface area contributed by atoms with E-state index in [0.29, 0.717) is 6.61 Å². The third kappa shape index (κ3) is 2.24. The van der Waals surface area contributed by atoms with Crippen LogP contribution in [0, 0.1) is 23.7 Å². The number of carboxylic acids is 1. The average molecular weight is 279 g/mol. The predicted molar refractivity (Wildman–Crippen MR) is 72.0 cm³/mol. The van der Waals surface area contributed by atoms with Crippen LogP contribution in [0.2, 0.25) is 0 Å². The molecule has 2 N–H and O–H groups in total. The van der Waals surface area contributed by atoms with Crippen molar-refractivity contribution in [2.75, 3.05) is 13.2 Å². The molecule has 1 amide bonds. The first-order valence-electron chi connectivity index (χ1n) is 7.31. The van der Waals surface area contributed by atoms with E-state index in [2.05, 4.69) is 5.32 Å². The number of fused-ring (bicyclic) bond motifs is 2. The molecule has 1 aliphatic heterocycles. The Morgan fingerprint density at radius 2 is 2.00 bits per heavy atom. The number of carboxylic acid groups (broad SMARTS) is 1. The zero-order valence-electron chi connectivity index (χ0n) is 11.7. The summed E-state index contributed by atoms with van der Waals surface area (Å²) in [5, 5.41) is 12.4. The standard InChI is InChI=1S/C15H21NO4/c1-15(5-2-6-20-8-15)16-13(17)11-9-3-4-10(7-9)12(11)14(18)19/h3-4,9-12H,2,5-8H2,1H3,(H,16,17)(H,18,19)/t9?,10?,11-,12+,15?/m0/s1. The normalized spacial score (nSPS) is 42.6. The van der Waals surface area contributed by atoms with Crippen LogP contribution in [-0.2, 0) is 14.3 Å². The van der Waals surface area contributed by atoms with Crippen molar-refractivity contribution in [3.8, 4) is 0 Å². The van der Waals surface area contributed by atoms with Crippen LogP contribution >= 0.6 is 0 Å². The maximum atomic E-state index is 12.6. The summed E-state index contributed by atoms with van der Waals surface area (Å²) in [4.78, 5) is 24.0. The van der Waals surface area contributed by atoms with Gasteiger partial charge >= 0.3 is 5.97 Å². The summed E-state index contributed by atoms with van der Waals surface area (Å²) in [5.41, 5.74) is -0.357. The molecule has 0 spiro atoms. The smallest absolute Gasteiger partial charge is 0.307 e. The van der Waals surface area contributed by atoms with Gasteiger partial charge in [-0.05, 0) is 38.0 Å². The monoisotopic (exact) mass is 279 g/mol. The Morgan fingerprint density at radius 3 is 2.60 bits per heavy atom. The van der Waals surface area contributed by atoms with E-state index in [1.807, 2.05) is 19.1 Å². The van der Waals surface area contributed by atoms with Crippen molar-refractivity contribution in [2.24, 2.45) is 23.7 Å². The van der Waals surface area contributed by atoms with E-state index in [-0.39, 0.29) is 23.3 Å². The molecule has 0 radical (unpaired) electrons. The van der Waals surface area contributed by atoms with E-state index < -0.39 is 17.8 Å². The Balaban J connectivity index is 1.73. The molecule has 5 atom stereocenters. The van der Waals surface area contributed by atoms with Gasteiger partial charge in [-0.2, -0.15) is 0 Å². The van der Waals surface area contributed by atoms with Crippen molar-refractivity contribution in [1.29, 1.82) is 0 Å². The molecule has 3 aliphatic rings. The van der Waals surface area contributed by atoms with Gasteiger partial charge in [0.15, 0.2) is 0 Å². The van der Waals surface area contributed by atoms with Gasteiger partial charge in [0.1, 0.15) is 0 Å². The minimum absolute atomic E-state index is 0.0173. The van der Waals surface area contributed by atoms with Gasteiger partial charge in [0.05, 0.1) is 24.0 Å². The minimum atomic E-state index is -0.855. The largest absolute Gasteiger partial charge is 0.481 e. The molecule has 0 aromatic heterocycles. The molecule has 5 heteroatoms. The molecule has 1 saturated carbocycles. The first-order chi connectivity index (χ1) is 9.50. The third-order valence-electron chi connectivity index (χ3n) is 4.91. The highest BCUT2D eigenvalue weighted by molar-refractivity contribution is 5.87. The van der Waals surface area contributed by atoms with Gasteiger partial charge in [0.25, 0.3) is 0 Å². The number of allylic oxidation sites excluding steroid dienone is 2. The molecule has 0 aromatic carbocycles. The fraction of sp³-hybridized carbons (Fsp3) is 0.733. The molecule has 2 bridgehead atoms. The highest BCUT2D eigenvalue weighted by Crippen LogP contribution is 2.48. The number of ether oxygens (including phenoxy) is 1. The van der Waals surface area contributed by atoms with Gasteiger partial charge in [-0.3, -0.25) is 9.59 Å². The number of nitrogens with one attached hydrogen (secondary N) is 1. The first kappa shape index (κ1) is 13.6.